The Kier molecular flexibility index (Phi) is 5.68. The molecule has 0 radical (unpaired) electrons. The lowest BCUT2D eigenvalue weighted by molar-refractivity contribution is -0.270. The first-order valence-electron chi connectivity index (χ1n) is 6.63. The fourth-order valence-corrected chi connectivity index (χ4v) is 2.05. The second-order valence-electron chi connectivity index (χ2n) is 7.05. The van der Waals surface area contributed by atoms with E-state index in [0.717, 1.165) is 12.8 Å². The highest BCUT2D eigenvalue weighted by atomic mass is 16.7. The molecule has 104 valence electrons. The van der Waals surface area contributed by atoms with E-state index in [1.54, 1.807) is 14.2 Å². The lowest BCUT2D eigenvalue weighted by Gasteiger charge is -2.44. The van der Waals surface area contributed by atoms with Gasteiger partial charge in [-0.2, -0.15) is 0 Å². The van der Waals surface area contributed by atoms with E-state index < -0.39 is 5.79 Å². The molecule has 17 heavy (non-hydrogen) atoms. The van der Waals surface area contributed by atoms with Gasteiger partial charge >= 0.3 is 0 Å². The summed E-state index contributed by atoms with van der Waals surface area (Å²) in [5.74, 6) is 0.174. The number of methoxy groups -OCH3 is 2. The quantitative estimate of drug-likeness (QED) is 0.641. The van der Waals surface area contributed by atoms with Crippen LogP contribution in [0.25, 0.3) is 0 Å². The Balaban J connectivity index is 4.81. The summed E-state index contributed by atoms with van der Waals surface area (Å²) in [6, 6.07) is 0. The van der Waals surface area contributed by atoms with Crippen molar-refractivity contribution < 1.29 is 9.47 Å². The number of hydrogen-bond donors (Lipinski definition) is 0. The van der Waals surface area contributed by atoms with Crippen molar-refractivity contribution >= 4 is 0 Å². The van der Waals surface area contributed by atoms with Gasteiger partial charge in [0.05, 0.1) is 0 Å². The molecule has 0 aliphatic rings. The lowest BCUT2D eigenvalue weighted by atomic mass is 9.73. The van der Waals surface area contributed by atoms with Gasteiger partial charge in [0.1, 0.15) is 0 Å². The molecule has 0 aromatic heterocycles. The average Bonchev–Trinajstić information content (AvgIpc) is 2.17. The third-order valence-electron chi connectivity index (χ3n) is 4.46. The maximum atomic E-state index is 5.70. The van der Waals surface area contributed by atoms with Gasteiger partial charge in [0.25, 0.3) is 0 Å². The molecular formula is C15H32O2. The van der Waals surface area contributed by atoms with E-state index >= 15 is 0 Å². The maximum absolute atomic E-state index is 5.70. The lowest BCUT2D eigenvalue weighted by Crippen LogP contribution is -2.47. The summed E-state index contributed by atoms with van der Waals surface area (Å²) in [4.78, 5) is 0. The van der Waals surface area contributed by atoms with Crippen LogP contribution in [-0.4, -0.2) is 20.0 Å². The Bertz CT molecular complexity index is 220. The number of rotatable bonds is 6. The van der Waals surface area contributed by atoms with Crippen LogP contribution in [0.5, 0.6) is 0 Å². The third kappa shape index (κ3) is 3.96. The van der Waals surface area contributed by atoms with Gasteiger partial charge in [-0.15, -0.1) is 0 Å². The first-order chi connectivity index (χ1) is 7.52. The second kappa shape index (κ2) is 5.71. The molecule has 0 N–H and O–H groups in total. The Morgan fingerprint density at radius 3 is 1.47 bits per heavy atom. The van der Waals surface area contributed by atoms with Crippen molar-refractivity contribution in [3.8, 4) is 0 Å². The summed E-state index contributed by atoms with van der Waals surface area (Å²) in [5.41, 5.74) is 0.289. The van der Waals surface area contributed by atoms with Gasteiger partial charge in [0.15, 0.2) is 5.79 Å². The summed E-state index contributed by atoms with van der Waals surface area (Å²) in [6.07, 6.45) is 2.03. The Labute approximate surface area is 108 Å². The van der Waals surface area contributed by atoms with E-state index in [1.165, 1.54) is 0 Å². The van der Waals surface area contributed by atoms with Crippen LogP contribution in [0, 0.1) is 16.7 Å². The van der Waals surface area contributed by atoms with Crippen LogP contribution in [-0.2, 0) is 9.47 Å². The minimum atomic E-state index is -0.487. The fraction of sp³-hybridized carbons (Fsp3) is 1.00. The molecule has 0 bridgehead atoms. The van der Waals surface area contributed by atoms with Crippen molar-refractivity contribution in [1.29, 1.82) is 0 Å². The molecule has 0 saturated carbocycles. The maximum Gasteiger partial charge on any atom is 0.172 e. The van der Waals surface area contributed by atoms with Gasteiger partial charge in [-0.3, -0.25) is 0 Å². The molecule has 2 nitrogen and oxygen atoms in total. The summed E-state index contributed by atoms with van der Waals surface area (Å²) in [6.45, 7) is 15.7. The fourth-order valence-electron chi connectivity index (χ4n) is 2.05. The van der Waals surface area contributed by atoms with Crippen molar-refractivity contribution in [2.24, 2.45) is 16.7 Å². The Hall–Kier alpha value is -0.0800. The molecule has 0 spiro atoms. The topological polar surface area (TPSA) is 18.5 Å². The van der Waals surface area contributed by atoms with E-state index in [0.29, 0.717) is 11.3 Å². The van der Waals surface area contributed by atoms with E-state index in [-0.39, 0.29) is 5.41 Å². The molecule has 0 aromatic carbocycles. The molecule has 0 amide bonds. The standard InChI is InChI=1S/C15H32O2/c1-12(2)14(6,7)10-11-15(16-8,17-9)13(3,4)5/h12H,10-11H2,1-9H3. The van der Waals surface area contributed by atoms with Gasteiger partial charge in [-0.1, -0.05) is 48.5 Å². The van der Waals surface area contributed by atoms with Gasteiger partial charge in [-0.25, -0.2) is 0 Å². The zero-order chi connectivity index (χ0) is 13.9. The van der Waals surface area contributed by atoms with Crippen LogP contribution in [0.3, 0.4) is 0 Å². The van der Waals surface area contributed by atoms with Crippen LogP contribution >= 0.6 is 0 Å². The minimum absolute atomic E-state index is 0.0242. The summed E-state index contributed by atoms with van der Waals surface area (Å²) in [7, 11) is 3.49. The number of hydrogen-bond acceptors (Lipinski definition) is 2. The van der Waals surface area contributed by atoms with Gasteiger partial charge < -0.3 is 9.47 Å². The van der Waals surface area contributed by atoms with Crippen molar-refractivity contribution in [2.45, 2.75) is 67.1 Å². The highest BCUT2D eigenvalue weighted by molar-refractivity contribution is 4.86. The minimum Gasteiger partial charge on any atom is -0.353 e. The highest BCUT2D eigenvalue weighted by Crippen LogP contribution is 2.42. The first kappa shape index (κ1) is 16.9. The monoisotopic (exact) mass is 244 g/mol. The molecule has 0 unspecified atom stereocenters. The highest BCUT2D eigenvalue weighted by Gasteiger charge is 2.43. The molecule has 0 heterocycles. The van der Waals surface area contributed by atoms with Gasteiger partial charge in [-0.05, 0) is 17.8 Å². The van der Waals surface area contributed by atoms with E-state index in [2.05, 4.69) is 48.5 Å². The molecule has 0 aliphatic heterocycles. The summed E-state index contributed by atoms with van der Waals surface area (Å²) in [5, 5.41) is 0. The molecular weight excluding hydrogens is 212 g/mol. The SMILES string of the molecule is COC(CCC(C)(C)C(C)C)(OC)C(C)(C)C. The molecule has 2 heteroatoms. The summed E-state index contributed by atoms with van der Waals surface area (Å²) >= 11 is 0. The van der Waals surface area contributed by atoms with Gasteiger partial charge in [0.2, 0.25) is 0 Å². The largest absolute Gasteiger partial charge is 0.353 e. The van der Waals surface area contributed by atoms with Crippen molar-refractivity contribution in [2.75, 3.05) is 14.2 Å². The van der Waals surface area contributed by atoms with E-state index in [1.807, 2.05) is 0 Å². The molecule has 0 aliphatic carbocycles. The third-order valence-corrected chi connectivity index (χ3v) is 4.46. The Morgan fingerprint density at radius 2 is 1.24 bits per heavy atom. The first-order valence-corrected chi connectivity index (χ1v) is 6.63. The number of ether oxygens (including phenoxy) is 2. The normalized spacial score (nSPS) is 14.5. The van der Waals surface area contributed by atoms with Crippen LogP contribution in [0.15, 0.2) is 0 Å². The predicted molar refractivity (Wildman–Crippen MR) is 74.1 cm³/mol. The smallest absolute Gasteiger partial charge is 0.172 e. The molecule has 0 rings (SSSR count). The van der Waals surface area contributed by atoms with Crippen LogP contribution in [0.1, 0.15) is 61.3 Å². The molecule has 0 fully saturated rings. The van der Waals surface area contributed by atoms with Crippen molar-refractivity contribution in [1.82, 2.24) is 0 Å². The van der Waals surface area contributed by atoms with Crippen LogP contribution in [0.2, 0.25) is 0 Å². The van der Waals surface area contributed by atoms with Gasteiger partial charge in [0, 0.05) is 26.1 Å². The van der Waals surface area contributed by atoms with Crippen molar-refractivity contribution in [3.63, 3.8) is 0 Å². The predicted octanol–water partition coefficient (Wildman–Crippen LogP) is 4.48. The van der Waals surface area contributed by atoms with E-state index in [4.69, 9.17) is 9.47 Å². The Morgan fingerprint density at radius 1 is 0.824 bits per heavy atom. The zero-order valence-corrected chi connectivity index (χ0v) is 13.3. The zero-order valence-electron chi connectivity index (χ0n) is 13.3. The summed E-state index contributed by atoms with van der Waals surface area (Å²) < 4.78 is 11.4. The van der Waals surface area contributed by atoms with Crippen LogP contribution in [0.4, 0.5) is 0 Å². The van der Waals surface area contributed by atoms with Crippen molar-refractivity contribution in [3.05, 3.63) is 0 Å². The molecule has 0 saturated heterocycles. The second-order valence-corrected chi connectivity index (χ2v) is 7.05. The molecule has 0 aromatic rings. The van der Waals surface area contributed by atoms with E-state index in [9.17, 15) is 0 Å². The van der Waals surface area contributed by atoms with Crippen LogP contribution < -0.4 is 0 Å². The molecule has 0 atom stereocenters. The average molecular weight is 244 g/mol.